The molecule has 20 heavy (non-hydrogen) atoms. The summed E-state index contributed by atoms with van der Waals surface area (Å²) in [5.74, 6) is 0. The van der Waals surface area contributed by atoms with Crippen molar-refractivity contribution in [3.63, 3.8) is 0 Å². The largest absolute Gasteiger partial charge is 0.326 e. The number of likely N-dealkylation sites (N-methyl/N-ethyl adjacent to an activating group) is 1. The molecule has 2 N–H and O–H groups in total. The quantitative estimate of drug-likeness (QED) is 0.785. The van der Waals surface area contributed by atoms with Crippen LogP contribution in [0.2, 0.25) is 0 Å². The summed E-state index contributed by atoms with van der Waals surface area (Å²) < 4.78 is 0. The van der Waals surface area contributed by atoms with Crippen LogP contribution >= 0.6 is 0 Å². The SMILES string of the molecule is CCc1ccc(CC(N)C(C)(CC)N(CC)CC)cc1. The summed E-state index contributed by atoms with van der Waals surface area (Å²) in [7, 11) is 0. The molecule has 114 valence electrons. The molecule has 1 aromatic carbocycles. The van der Waals surface area contributed by atoms with Gasteiger partial charge in [-0.2, -0.15) is 0 Å². The van der Waals surface area contributed by atoms with E-state index in [0.717, 1.165) is 32.4 Å². The molecule has 1 aromatic rings. The van der Waals surface area contributed by atoms with Gasteiger partial charge in [-0.1, -0.05) is 52.0 Å². The summed E-state index contributed by atoms with van der Waals surface area (Å²) in [6.07, 6.45) is 3.13. The lowest BCUT2D eigenvalue weighted by Gasteiger charge is -2.44. The molecule has 0 aromatic heterocycles. The first kappa shape index (κ1) is 17.2. The third-order valence-corrected chi connectivity index (χ3v) is 4.89. The first-order chi connectivity index (χ1) is 9.51. The number of benzene rings is 1. The third-order valence-electron chi connectivity index (χ3n) is 4.89. The van der Waals surface area contributed by atoms with Crippen LogP contribution in [0.1, 0.15) is 52.2 Å². The van der Waals surface area contributed by atoms with Gasteiger partial charge in [0.15, 0.2) is 0 Å². The van der Waals surface area contributed by atoms with E-state index in [1.807, 2.05) is 0 Å². The van der Waals surface area contributed by atoms with Gasteiger partial charge in [0.1, 0.15) is 0 Å². The van der Waals surface area contributed by atoms with Crippen LogP contribution in [0.5, 0.6) is 0 Å². The van der Waals surface area contributed by atoms with Crippen molar-refractivity contribution < 1.29 is 0 Å². The smallest absolute Gasteiger partial charge is 0.0332 e. The minimum Gasteiger partial charge on any atom is -0.326 e. The van der Waals surface area contributed by atoms with Crippen molar-refractivity contribution in [3.05, 3.63) is 35.4 Å². The van der Waals surface area contributed by atoms with Gasteiger partial charge in [0.25, 0.3) is 0 Å². The molecule has 2 heteroatoms. The van der Waals surface area contributed by atoms with E-state index in [1.54, 1.807) is 0 Å². The van der Waals surface area contributed by atoms with Crippen molar-refractivity contribution in [2.75, 3.05) is 13.1 Å². The van der Waals surface area contributed by atoms with Crippen LogP contribution in [0.3, 0.4) is 0 Å². The van der Waals surface area contributed by atoms with Crippen molar-refractivity contribution in [2.24, 2.45) is 5.73 Å². The fourth-order valence-corrected chi connectivity index (χ4v) is 3.05. The summed E-state index contributed by atoms with van der Waals surface area (Å²) in [5.41, 5.74) is 9.39. The molecule has 0 heterocycles. The molecule has 0 aliphatic carbocycles. The van der Waals surface area contributed by atoms with E-state index in [2.05, 4.69) is 63.8 Å². The first-order valence-electron chi connectivity index (χ1n) is 8.10. The zero-order chi connectivity index (χ0) is 15.2. The van der Waals surface area contributed by atoms with E-state index in [-0.39, 0.29) is 11.6 Å². The van der Waals surface area contributed by atoms with Gasteiger partial charge in [-0.3, -0.25) is 4.90 Å². The Kier molecular flexibility index (Phi) is 6.70. The van der Waals surface area contributed by atoms with Gasteiger partial charge in [0.2, 0.25) is 0 Å². The maximum Gasteiger partial charge on any atom is 0.0332 e. The second-order valence-corrected chi connectivity index (χ2v) is 5.86. The molecular weight excluding hydrogens is 244 g/mol. The van der Waals surface area contributed by atoms with Crippen molar-refractivity contribution in [3.8, 4) is 0 Å². The van der Waals surface area contributed by atoms with Crippen LogP contribution in [0.25, 0.3) is 0 Å². The summed E-state index contributed by atoms with van der Waals surface area (Å²) in [6.45, 7) is 13.3. The molecular formula is C18H32N2. The van der Waals surface area contributed by atoms with Crippen LogP contribution in [-0.2, 0) is 12.8 Å². The number of rotatable bonds is 8. The number of hydrogen-bond donors (Lipinski definition) is 1. The van der Waals surface area contributed by atoms with Crippen molar-refractivity contribution in [1.82, 2.24) is 4.90 Å². The lowest BCUT2D eigenvalue weighted by atomic mass is 9.84. The molecule has 0 spiro atoms. The molecule has 2 unspecified atom stereocenters. The predicted octanol–water partition coefficient (Wildman–Crippen LogP) is 3.63. The van der Waals surface area contributed by atoms with E-state index in [9.17, 15) is 0 Å². The minimum atomic E-state index is 0.0763. The Morgan fingerprint density at radius 3 is 1.90 bits per heavy atom. The molecule has 0 aliphatic heterocycles. The highest BCUT2D eigenvalue weighted by atomic mass is 15.2. The van der Waals surface area contributed by atoms with Gasteiger partial charge >= 0.3 is 0 Å². The molecule has 2 atom stereocenters. The Morgan fingerprint density at radius 2 is 1.50 bits per heavy atom. The number of nitrogens with zero attached hydrogens (tertiary/aromatic N) is 1. The van der Waals surface area contributed by atoms with Gasteiger partial charge in [-0.05, 0) is 50.4 Å². The summed E-state index contributed by atoms with van der Waals surface area (Å²) in [6, 6.07) is 9.08. The van der Waals surface area contributed by atoms with E-state index in [4.69, 9.17) is 5.73 Å². The number of aryl methyl sites for hydroxylation is 1. The van der Waals surface area contributed by atoms with Crippen molar-refractivity contribution in [2.45, 2.75) is 65.5 Å². The second kappa shape index (κ2) is 7.80. The Bertz CT molecular complexity index is 381. The Morgan fingerprint density at radius 1 is 1.00 bits per heavy atom. The van der Waals surface area contributed by atoms with E-state index in [0.29, 0.717) is 0 Å². The van der Waals surface area contributed by atoms with Crippen molar-refractivity contribution >= 4 is 0 Å². The zero-order valence-electron chi connectivity index (χ0n) is 13.9. The van der Waals surface area contributed by atoms with Crippen LogP contribution < -0.4 is 5.73 Å². The first-order valence-corrected chi connectivity index (χ1v) is 8.10. The fourth-order valence-electron chi connectivity index (χ4n) is 3.05. The molecule has 1 rings (SSSR count). The maximum atomic E-state index is 6.58. The van der Waals surface area contributed by atoms with E-state index < -0.39 is 0 Å². The average Bonchev–Trinajstić information content (AvgIpc) is 2.48. The maximum absolute atomic E-state index is 6.58. The molecule has 0 bridgehead atoms. The molecule has 2 nitrogen and oxygen atoms in total. The molecule has 0 saturated carbocycles. The Hall–Kier alpha value is -0.860. The lowest BCUT2D eigenvalue weighted by Crippen LogP contribution is -2.58. The van der Waals surface area contributed by atoms with Gasteiger partial charge in [0.05, 0.1) is 0 Å². The highest BCUT2D eigenvalue weighted by Crippen LogP contribution is 2.24. The molecule has 0 fully saturated rings. The monoisotopic (exact) mass is 276 g/mol. The Balaban J connectivity index is 2.82. The lowest BCUT2D eigenvalue weighted by molar-refractivity contribution is 0.0845. The standard InChI is InChI=1S/C18H32N2/c1-6-15-10-12-16(13-11-15)14-17(19)18(5,7-2)20(8-3)9-4/h10-13,17H,6-9,14,19H2,1-5H3. The van der Waals surface area contributed by atoms with Gasteiger partial charge < -0.3 is 5.73 Å². The van der Waals surface area contributed by atoms with E-state index in [1.165, 1.54) is 11.1 Å². The molecule has 0 amide bonds. The van der Waals surface area contributed by atoms with Gasteiger partial charge in [0, 0.05) is 11.6 Å². The van der Waals surface area contributed by atoms with Gasteiger partial charge in [-0.25, -0.2) is 0 Å². The normalized spacial score (nSPS) is 16.1. The average molecular weight is 276 g/mol. The highest BCUT2D eigenvalue weighted by molar-refractivity contribution is 5.23. The van der Waals surface area contributed by atoms with Crippen LogP contribution in [0.15, 0.2) is 24.3 Å². The summed E-state index contributed by atoms with van der Waals surface area (Å²) in [5, 5.41) is 0. The van der Waals surface area contributed by atoms with Gasteiger partial charge in [-0.15, -0.1) is 0 Å². The summed E-state index contributed by atoms with van der Waals surface area (Å²) >= 11 is 0. The topological polar surface area (TPSA) is 29.3 Å². The number of nitrogens with two attached hydrogens (primary N) is 1. The highest BCUT2D eigenvalue weighted by Gasteiger charge is 2.34. The van der Waals surface area contributed by atoms with Crippen molar-refractivity contribution in [1.29, 1.82) is 0 Å². The fraction of sp³-hybridized carbons (Fsp3) is 0.667. The van der Waals surface area contributed by atoms with Crippen LogP contribution in [-0.4, -0.2) is 29.6 Å². The minimum absolute atomic E-state index is 0.0763. The van der Waals surface area contributed by atoms with E-state index >= 15 is 0 Å². The summed E-state index contributed by atoms with van der Waals surface area (Å²) in [4.78, 5) is 2.50. The predicted molar refractivity (Wildman–Crippen MR) is 89.1 cm³/mol. The third kappa shape index (κ3) is 3.83. The Labute approximate surface area is 125 Å². The zero-order valence-corrected chi connectivity index (χ0v) is 13.9. The van der Waals surface area contributed by atoms with Crippen LogP contribution in [0, 0.1) is 0 Å². The second-order valence-electron chi connectivity index (χ2n) is 5.86. The molecule has 0 saturated heterocycles. The van der Waals surface area contributed by atoms with Crippen LogP contribution in [0.4, 0.5) is 0 Å². The molecule has 0 radical (unpaired) electrons. The molecule has 0 aliphatic rings. The number of hydrogen-bond acceptors (Lipinski definition) is 2.